The van der Waals surface area contributed by atoms with E-state index in [4.69, 9.17) is 30.8 Å². The molecule has 8 rings (SSSR count). The first kappa shape index (κ1) is 72.3. The molecule has 27 heteroatoms. The number of carboxylic acid groups (broad SMARTS) is 1. The number of fused-ring (bicyclic) bond motifs is 2. The number of anilines is 4. The van der Waals surface area contributed by atoms with E-state index in [1.165, 1.54) is 25.6 Å². The Balaban J connectivity index is 0.000000407. The zero-order valence-electron chi connectivity index (χ0n) is 49.6. The number of nitrogens with zero attached hydrogens (tertiary/aromatic N) is 9. The quantitative estimate of drug-likeness (QED) is 0.0416. The molecular formula is C56H81BN12NaO13. The molecule has 447 valence electrons. The summed E-state index contributed by atoms with van der Waals surface area (Å²) in [5.41, 5.74) is 17.5. The number of hydrogen-bond donors (Lipinski definition) is 4. The monoisotopic (exact) mass is 1160 g/mol. The van der Waals surface area contributed by atoms with Gasteiger partial charge in [0.2, 0.25) is 5.97 Å². The third-order valence-corrected chi connectivity index (χ3v) is 12.1. The Kier molecular flexibility index (Phi) is 34.5. The van der Waals surface area contributed by atoms with Gasteiger partial charge < -0.3 is 63.7 Å². The molecule has 0 saturated carbocycles. The number of aromatic nitrogens is 4. The molecule has 3 radical (unpaired) electrons. The number of Topliss-reactive ketones (excluding diaryl/α,β-unsaturated/α-hetero) is 2. The molecule has 0 amide bonds. The van der Waals surface area contributed by atoms with Gasteiger partial charge in [-0.05, 0) is 49.7 Å². The second-order valence-electron chi connectivity index (χ2n) is 19.5. The Hall–Kier alpha value is -6.81. The molecule has 0 atom stereocenters. The first-order valence-corrected chi connectivity index (χ1v) is 27.1. The van der Waals surface area contributed by atoms with E-state index in [9.17, 15) is 28.8 Å². The van der Waals surface area contributed by atoms with Crippen LogP contribution in [0.3, 0.4) is 0 Å². The van der Waals surface area contributed by atoms with Crippen molar-refractivity contribution in [1.82, 2.24) is 40.0 Å². The molecule has 2 aromatic carbocycles. The van der Waals surface area contributed by atoms with Crippen molar-refractivity contribution in [2.75, 3.05) is 114 Å². The number of unbranched alkanes of at least 4 members (excludes halogenated alkanes) is 2. The molecule has 0 bridgehead atoms. The minimum absolute atomic E-state index is 0. The number of nitrogens with one attached hydrogen (secondary N) is 1. The number of carboxylic acids is 1. The van der Waals surface area contributed by atoms with Crippen LogP contribution in [0.25, 0.3) is 0 Å². The summed E-state index contributed by atoms with van der Waals surface area (Å²) >= 11 is 0. The Bertz CT molecular complexity index is 2680. The smallest absolute Gasteiger partial charge is 0.793 e. The van der Waals surface area contributed by atoms with Crippen molar-refractivity contribution < 1.29 is 92.1 Å². The molecule has 25 nitrogen and oxygen atoms in total. The van der Waals surface area contributed by atoms with Crippen LogP contribution in [-0.2, 0) is 75.7 Å². The summed E-state index contributed by atoms with van der Waals surface area (Å²) in [5, 5.41) is 10.7. The zero-order chi connectivity index (χ0) is 60.6. The van der Waals surface area contributed by atoms with E-state index in [2.05, 4.69) is 115 Å². The van der Waals surface area contributed by atoms with E-state index >= 15 is 0 Å². The van der Waals surface area contributed by atoms with Gasteiger partial charge in [-0.3, -0.25) is 28.9 Å². The minimum atomic E-state index is -0.833. The second kappa shape index (κ2) is 39.6. The molecule has 2 aromatic heterocycles. The van der Waals surface area contributed by atoms with Gasteiger partial charge in [0.15, 0.2) is 11.6 Å². The maximum atomic E-state index is 12.4. The van der Waals surface area contributed by atoms with E-state index in [0.29, 0.717) is 67.0 Å². The number of carbonyl (C=O) groups excluding carboxylic acids is 6. The van der Waals surface area contributed by atoms with Crippen LogP contribution < -0.4 is 65.6 Å². The van der Waals surface area contributed by atoms with Crippen molar-refractivity contribution in [2.45, 2.75) is 99.7 Å². The van der Waals surface area contributed by atoms with E-state index in [1.807, 2.05) is 21.9 Å². The standard InChI is InChI=1S/C24H34N6O2.C19H22N4O3.C5H12N2.C4H6O4.C2H3BO2.C2H4O2.Na/c1-3-4-12-32-24-26-22(25)21-14-20(31)17-30(23(21)27-24)16-19-7-5-6-18(13-19)15-29-10-8-28(2)9-11-29;1-2-3-7-26-19-21-17(20)16-9-15(25)11-23(18(16)22-19)10-13-5-4-6-14(8-13)12-24;1-7-4-2-6-3-5-7;1-3(5)7-8-4(2)6;1-2(4)5-3;1-2(3)4;/h5-7,13H,3-4,8-12,14-17H2,1-2H3,(H2,25,26,27);4-6,8,12H,2-3,7,9-11H2,1H3,(H2,20,21,22);6H,2-5H2,1H3;1-2H3;1H3;1H3,(H,3,4);/q;;;;-1;;+1. The van der Waals surface area contributed by atoms with Crippen molar-refractivity contribution in [3.8, 4) is 12.0 Å². The maximum absolute atomic E-state index is 12.4. The van der Waals surface area contributed by atoms with Gasteiger partial charge >= 0.3 is 53.5 Å². The summed E-state index contributed by atoms with van der Waals surface area (Å²) < 4.78 is 14.9. The van der Waals surface area contributed by atoms with Gasteiger partial charge in [0.1, 0.15) is 29.6 Å². The van der Waals surface area contributed by atoms with Gasteiger partial charge in [0.05, 0.1) is 26.3 Å². The number of aliphatic carboxylic acids is 1. The molecule has 0 unspecified atom stereocenters. The normalized spacial score (nSPS) is 14.5. The number of likely N-dealkylation sites (N-methyl/N-ethyl adjacent to an activating group) is 2. The second-order valence-corrected chi connectivity index (χ2v) is 19.5. The molecule has 6 N–H and O–H groups in total. The molecule has 4 aromatic rings. The van der Waals surface area contributed by atoms with E-state index < -0.39 is 23.9 Å². The van der Waals surface area contributed by atoms with Crippen molar-refractivity contribution in [2.24, 2.45) is 0 Å². The van der Waals surface area contributed by atoms with E-state index in [0.717, 1.165) is 110 Å². The van der Waals surface area contributed by atoms with E-state index in [-0.39, 0.29) is 78.3 Å². The van der Waals surface area contributed by atoms with Gasteiger partial charge in [-0.15, -0.1) is 0 Å². The van der Waals surface area contributed by atoms with Gasteiger partial charge in [-0.25, -0.2) is 19.4 Å². The van der Waals surface area contributed by atoms with Gasteiger partial charge in [0, 0.05) is 129 Å². The summed E-state index contributed by atoms with van der Waals surface area (Å²) in [4.78, 5) is 110. The van der Waals surface area contributed by atoms with Crippen LogP contribution in [0.2, 0.25) is 0 Å². The molecule has 83 heavy (non-hydrogen) atoms. The predicted molar refractivity (Wildman–Crippen MR) is 309 cm³/mol. The fraction of sp³-hybridized carbons (Fsp3) is 0.518. The van der Waals surface area contributed by atoms with E-state index in [1.54, 1.807) is 12.1 Å². The first-order valence-electron chi connectivity index (χ1n) is 27.1. The van der Waals surface area contributed by atoms with Crippen LogP contribution in [0.15, 0.2) is 48.5 Å². The minimum Gasteiger partial charge on any atom is -0.793 e. The summed E-state index contributed by atoms with van der Waals surface area (Å²) in [5.74, 6) is -0.442. The molecule has 6 heterocycles. The number of piperazine rings is 2. The maximum Gasteiger partial charge on any atom is 1.00 e. The zero-order valence-corrected chi connectivity index (χ0v) is 51.6. The third kappa shape index (κ3) is 28.8. The van der Waals surface area contributed by atoms with Crippen molar-refractivity contribution in [3.63, 3.8) is 0 Å². The van der Waals surface area contributed by atoms with Crippen LogP contribution in [0.4, 0.5) is 23.3 Å². The van der Waals surface area contributed by atoms with Crippen LogP contribution in [0.5, 0.6) is 12.0 Å². The Morgan fingerprint density at radius 1 is 0.651 bits per heavy atom. The number of ketones is 2. The Labute approximate surface area is 510 Å². The number of benzene rings is 2. The Morgan fingerprint density at radius 2 is 1.06 bits per heavy atom. The number of carbonyl (C=O) groups is 7. The van der Waals surface area contributed by atoms with Gasteiger partial charge in [0.25, 0.3) is 5.97 Å². The van der Waals surface area contributed by atoms with Crippen LogP contribution in [0.1, 0.15) is 105 Å². The number of rotatable bonds is 15. The number of ether oxygens (including phenoxy) is 2. The third-order valence-electron chi connectivity index (χ3n) is 12.1. The molecule has 0 spiro atoms. The molecule has 2 saturated heterocycles. The summed E-state index contributed by atoms with van der Waals surface area (Å²) in [7, 11) is 8.65. The van der Waals surface area contributed by atoms with Crippen molar-refractivity contribution in [3.05, 3.63) is 81.9 Å². The fourth-order valence-corrected chi connectivity index (χ4v) is 8.08. The SMILES string of the molecule is CC(=O)O.CC(=O)OOC(C)=O.CCCCOc1nc(N)c2c(n1)N(Cc1cccc(C=O)c1)CC(=O)C2.CCCCOc1nc(N)c2c(n1)N(Cc1cccc(CN3CCN(C)CC3)c1)CC(=O)C2.CN1CCNCC1.[B-]OC(C)=O.[Na+]. The predicted octanol–water partition coefficient (Wildman–Crippen LogP) is 0.576. The molecular weight excluding hydrogens is 1080 g/mol. The summed E-state index contributed by atoms with van der Waals surface area (Å²) in [6, 6.07) is 16.4. The number of aldehydes is 1. The number of nitrogens with two attached hydrogens (primary N) is 2. The molecule has 4 aliphatic heterocycles. The van der Waals surface area contributed by atoms with Crippen LogP contribution in [0, 0.1) is 0 Å². The van der Waals surface area contributed by atoms with Crippen molar-refractivity contribution >= 4 is 73.1 Å². The molecule has 0 aliphatic carbocycles. The average molecular weight is 1160 g/mol. The van der Waals surface area contributed by atoms with Gasteiger partial charge in [-0.2, -0.15) is 19.9 Å². The number of hydrogen-bond acceptors (Lipinski definition) is 24. The van der Waals surface area contributed by atoms with Gasteiger partial charge in [-0.1, -0.05) is 69.2 Å². The summed E-state index contributed by atoms with van der Waals surface area (Å²) in [6.45, 7) is 21.6. The molecule has 2 fully saturated rings. The first-order chi connectivity index (χ1) is 39.1. The topological polar surface area (TPSA) is 318 Å². The number of nitrogen functional groups attached to an aromatic ring is 2. The van der Waals surface area contributed by atoms with Crippen LogP contribution in [-0.4, -0.2) is 182 Å². The fourth-order valence-electron chi connectivity index (χ4n) is 8.08. The summed E-state index contributed by atoms with van der Waals surface area (Å²) in [6.07, 6.45) is 5.18. The molecule has 4 aliphatic rings. The van der Waals surface area contributed by atoms with Crippen molar-refractivity contribution in [1.29, 1.82) is 0 Å². The average Bonchev–Trinajstić information content (AvgIpc) is 3.64. The van der Waals surface area contributed by atoms with Crippen LogP contribution >= 0.6 is 0 Å². The Morgan fingerprint density at radius 3 is 1.45 bits per heavy atom. The largest absolute Gasteiger partial charge is 1.00 e.